The molecular formula is C19H23N3O5S. The Bertz CT molecular complexity index is 930. The van der Waals surface area contributed by atoms with Crippen LogP contribution in [0.1, 0.15) is 20.3 Å². The number of nitrogens with zero attached hydrogens (tertiary/aromatic N) is 2. The highest BCUT2D eigenvalue weighted by Gasteiger charge is 2.28. The molecule has 1 N–H and O–H groups in total. The summed E-state index contributed by atoms with van der Waals surface area (Å²) in [6.45, 7) is 3.98. The van der Waals surface area contributed by atoms with E-state index in [1.807, 2.05) is 13.8 Å². The van der Waals surface area contributed by atoms with Crippen LogP contribution in [-0.2, 0) is 14.8 Å². The summed E-state index contributed by atoms with van der Waals surface area (Å²) < 4.78 is 27.1. The van der Waals surface area contributed by atoms with Gasteiger partial charge in [0.2, 0.25) is 5.91 Å². The Hall–Kier alpha value is -2.94. The van der Waals surface area contributed by atoms with Crippen molar-refractivity contribution in [3.05, 3.63) is 64.7 Å². The summed E-state index contributed by atoms with van der Waals surface area (Å²) in [6.07, 6.45) is 0.758. The van der Waals surface area contributed by atoms with Crippen LogP contribution in [0, 0.1) is 16.0 Å². The molecule has 0 aromatic heterocycles. The van der Waals surface area contributed by atoms with Crippen molar-refractivity contribution in [2.24, 2.45) is 5.92 Å². The molecule has 0 spiro atoms. The Kier molecular flexibility index (Phi) is 7.11. The third-order valence-corrected chi connectivity index (χ3v) is 5.78. The van der Waals surface area contributed by atoms with Crippen molar-refractivity contribution in [1.82, 2.24) is 5.32 Å². The molecule has 0 aliphatic heterocycles. The minimum absolute atomic E-state index is 0.00325. The zero-order valence-corrected chi connectivity index (χ0v) is 16.6. The van der Waals surface area contributed by atoms with E-state index in [4.69, 9.17) is 0 Å². The SMILES string of the molecule is CC(C)CCNC(=O)CN(c1cccc([N+](=O)[O-])c1)S(=O)(=O)c1ccccc1. The van der Waals surface area contributed by atoms with E-state index < -0.39 is 27.4 Å². The fourth-order valence-electron chi connectivity index (χ4n) is 2.48. The predicted octanol–water partition coefficient (Wildman–Crippen LogP) is 2.95. The van der Waals surface area contributed by atoms with Gasteiger partial charge in [0.1, 0.15) is 6.54 Å². The number of sulfonamides is 1. The van der Waals surface area contributed by atoms with E-state index in [1.165, 1.54) is 30.3 Å². The third-order valence-electron chi connectivity index (χ3n) is 3.99. The van der Waals surface area contributed by atoms with E-state index >= 15 is 0 Å². The highest BCUT2D eigenvalue weighted by atomic mass is 32.2. The van der Waals surface area contributed by atoms with Gasteiger partial charge in [0.15, 0.2) is 0 Å². The second-order valence-corrected chi connectivity index (χ2v) is 8.50. The molecule has 150 valence electrons. The molecule has 2 aromatic rings. The van der Waals surface area contributed by atoms with Crippen molar-refractivity contribution in [3.63, 3.8) is 0 Å². The lowest BCUT2D eigenvalue weighted by Crippen LogP contribution is -2.41. The van der Waals surface area contributed by atoms with Crippen LogP contribution in [0.25, 0.3) is 0 Å². The Morgan fingerprint density at radius 1 is 1.14 bits per heavy atom. The van der Waals surface area contributed by atoms with Gasteiger partial charge in [0.05, 0.1) is 15.5 Å². The number of hydrogen-bond donors (Lipinski definition) is 1. The maximum atomic E-state index is 13.1. The molecule has 0 aliphatic rings. The first-order valence-corrected chi connectivity index (χ1v) is 10.2. The topological polar surface area (TPSA) is 110 Å². The lowest BCUT2D eigenvalue weighted by molar-refractivity contribution is -0.384. The van der Waals surface area contributed by atoms with Gasteiger partial charge in [0, 0.05) is 18.7 Å². The maximum absolute atomic E-state index is 13.1. The maximum Gasteiger partial charge on any atom is 0.271 e. The minimum Gasteiger partial charge on any atom is -0.355 e. The average Bonchev–Trinajstić information content (AvgIpc) is 2.66. The smallest absolute Gasteiger partial charge is 0.271 e. The van der Waals surface area contributed by atoms with Crippen molar-refractivity contribution >= 4 is 27.3 Å². The van der Waals surface area contributed by atoms with E-state index in [2.05, 4.69) is 5.32 Å². The normalized spacial score (nSPS) is 11.2. The number of carbonyl (C=O) groups excluding carboxylic acids is 1. The first-order chi connectivity index (χ1) is 13.2. The summed E-state index contributed by atoms with van der Waals surface area (Å²) in [5.41, 5.74) is -0.206. The monoisotopic (exact) mass is 405 g/mol. The number of hydrogen-bond acceptors (Lipinski definition) is 5. The number of anilines is 1. The number of nitrogens with one attached hydrogen (secondary N) is 1. The standard InChI is InChI=1S/C19H23N3O5S/c1-15(2)11-12-20-19(23)14-21(16-7-6-8-17(13-16)22(24)25)28(26,27)18-9-4-3-5-10-18/h3-10,13,15H,11-12,14H2,1-2H3,(H,20,23). The molecule has 0 fully saturated rings. The Labute approximate surface area is 164 Å². The van der Waals surface area contributed by atoms with Gasteiger partial charge in [-0.2, -0.15) is 0 Å². The number of carbonyl (C=O) groups is 1. The van der Waals surface area contributed by atoms with Gasteiger partial charge in [-0.15, -0.1) is 0 Å². The van der Waals surface area contributed by atoms with E-state index in [1.54, 1.807) is 18.2 Å². The van der Waals surface area contributed by atoms with Crippen LogP contribution in [0.2, 0.25) is 0 Å². The molecule has 1 amide bonds. The Morgan fingerprint density at radius 3 is 2.43 bits per heavy atom. The molecule has 9 heteroatoms. The highest BCUT2D eigenvalue weighted by molar-refractivity contribution is 7.92. The fourth-order valence-corrected chi connectivity index (χ4v) is 3.92. The molecule has 0 radical (unpaired) electrons. The van der Waals surface area contributed by atoms with Crippen LogP contribution < -0.4 is 9.62 Å². The largest absolute Gasteiger partial charge is 0.355 e. The molecule has 2 aromatic carbocycles. The summed E-state index contributed by atoms with van der Waals surface area (Å²) in [4.78, 5) is 22.8. The van der Waals surface area contributed by atoms with E-state index in [9.17, 15) is 23.3 Å². The highest BCUT2D eigenvalue weighted by Crippen LogP contribution is 2.26. The van der Waals surface area contributed by atoms with Gasteiger partial charge in [-0.05, 0) is 30.5 Å². The molecular weight excluding hydrogens is 382 g/mol. The predicted molar refractivity (Wildman–Crippen MR) is 107 cm³/mol. The zero-order chi connectivity index (χ0) is 20.7. The molecule has 28 heavy (non-hydrogen) atoms. The Morgan fingerprint density at radius 2 is 1.82 bits per heavy atom. The molecule has 0 bridgehead atoms. The van der Waals surface area contributed by atoms with Crippen LogP contribution in [0.5, 0.6) is 0 Å². The zero-order valence-electron chi connectivity index (χ0n) is 15.7. The summed E-state index contributed by atoms with van der Waals surface area (Å²) in [6, 6.07) is 12.9. The quantitative estimate of drug-likeness (QED) is 0.509. The molecule has 0 aliphatic carbocycles. The van der Waals surface area contributed by atoms with Gasteiger partial charge in [-0.1, -0.05) is 38.1 Å². The number of amides is 1. The second-order valence-electron chi connectivity index (χ2n) is 6.63. The first kappa shape index (κ1) is 21.4. The lowest BCUT2D eigenvalue weighted by atomic mass is 10.1. The van der Waals surface area contributed by atoms with Crippen LogP contribution in [0.3, 0.4) is 0 Å². The van der Waals surface area contributed by atoms with E-state index in [-0.39, 0.29) is 16.3 Å². The van der Waals surface area contributed by atoms with Crippen LogP contribution in [0.15, 0.2) is 59.5 Å². The molecule has 0 saturated heterocycles. The van der Waals surface area contributed by atoms with Crippen LogP contribution in [-0.4, -0.2) is 32.3 Å². The Balaban J connectivity index is 2.37. The van der Waals surface area contributed by atoms with Crippen molar-refractivity contribution in [2.75, 3.05) is 17.4 Å². The van der Waals surface area contributed by atoms with Crippen LogP contribution >= 0.6 is 0 Å². The van der Waals surface area contributed by atoms with Gasteiger partial charge in [-0.3, -0.25) is 19.2 Å². The minimum atomic E-state index is -4.08. The van der Waals surface area contributed by atoms with Gasteiger partial charge >= 0.3 is 0 Å². The van der Waals surface area contributed by atoms with E-state index in [0.29, 0.717) is 12.5 Å². The lowest BCUT2D eigenvalue weighted by Gasteiger charge is -2.24. The number of nitro groups is 1. The third kappa shape index (κ3) is 5.53. The van der Waals surface area contributed by atoms with Crippen molar-refractivity contribution in [3.8, 4) is 0 Å². The molecule has 0 saturated carbocycles. The summed E-state index contributed by atoms with van der Waals surface area (Å²) in [5, 5.41) is 13.8. The van der Waals surface area contributed by atoms with Gasteiger partial charge in [-0.25, -0.2) is 8.42 Å². The number of benzene rings is 2. The summed E-state index contributed by atoms with van der Waals surface area (Å²) in [7, 11) is -4.08. The average molecular weight is 405 g/mol. The van der Waals surface area contributed by atoms with E-state index in [0.717, 1.165) is 16.8 Å². The van der Waals surface area contributed by atoms with Gasteiger partial charge < -0.3 is 5.32 Å². The number of nitro benzene ring substituents is 1. The first-order valence-electron chi connectivity index (χ1n) is 8.80. The van der Waals surface area contributed by atoms with Crippen molar-refractivity contribution < 1.29 is 18.1 Å². The van der Waals surface area contributed by atoms with Crippen molar-refractivity contribution in [2.45, 2.75) is 25.2 Å². The summed E-state index contributed by atoms with van der Waals surface area (Å²) >= 11 is 0. The van der Waals surface area contributed by atoms with Crippen LogP contribution in [0.4, 0.5) is 11.4 Å². The number of non-ortho nitro benzene ring substituents is 1. The summed E-state index contributed by atoms with van der Waals surface area (Å²) in [5.74, 6) is -0.0899. The van der Waals surface area contributed by atoms with Crippen molar-refractivity contribution in [1.29, 1.82) is 0 Å². The molecule has 2 rings (SSSR count). The fraction of sp³-hybridized carbons (Fsp3) is 0.316. The molecule has 8 nitrogen and oxygen atoms in total. The number of rotatable bonds is 9. The molecule has 0 atom stereocenters. The second kappa shape index (κ2) is 9.32. The molecule has 0 unspecified atom stereocenters. The van der Waals surface area contributed by atoms with Gasteiger partial charge in [0.25, 0.3) is 15.7 Å². The molecule has 0 heterocycles.